The molecule has 1 saturated carbocycles. The van der Waals surface area contributed by atoms with Gasteiger partial charge >= 0.3 is 0 Å². The Kier molecular flexibility index (Phi) is 2.68. The molecule has 74 valence electrons. The van der Waals surface area contributed by atoms with Crippen molar-refractivity contribution in [2.24, 2.45) is 5.16 Å². The van der Waals surface area contributed by atoms with Crippen LogP contribution in [0.15, 0.2) is 29.4 Å². The Morgan fingerprint density at radius 1 is 1.29 bits per heavy atom. The average molecular weight is 191 g/mol. The Morgan fingerprint density at radius 3 is 2.57 bits per heavy atom. The maximum Gasteiger partial charge on any atom is 0.127 e. The smallest absolute Gasteiger partial charge is 0.127 e. The molecule has 0 spiro atoms. The van der Waals surface area contributed by atoms with Gasteiger partial charge in [-0.05, 0) is 42.7 Å². The molecule has 3 nitrogen and oxygen atoms in total. The van der Waals surface area contributed by atoms with Crippen LogP contribution in [0.5, 0.6) is 5.75 Å². The Labute approximate surface area is 83.3 Å². The minimum absolute atomic E-state index is 0.365. The minimum atomic E-state index is 0.365. The molecule has 0 bridgehead atoms. The molecule has 0 saturated heterocycles. The van der Waals surface area contributed by atoms with Gasteiger partial charge in [-0.15, -0.1) is 0 Å². The van der Waals surface area contributed by atoms with Crippen LogP contribution in [0.25, 0.3) is 0 Å². The molecule has 0 unspecified atom stereocenters. The number of benzene rings is 1. The van der Waals surface area contributed by atoms with E-state index in [4.69, 9.17) is 9.57 Å². The number of hydrogen-bond donors (Lipinski definition) is 0. The van der Waals surface area contributed by atoms with E-state index in [0.29, 0.717) is 6.10 Å². The molecule has 0 atom stereocenters. The van der Waals surface area contributed by atoms with Gasteiger partial charge in [0.1, 0.15) is 11.9 Å². The van der Waals surface area contributed by atoms with E-state index in [2.05, 4.69) is 5.16 Å². The van der Waals surface area contributed by atoms with Crippen LogP contribution in [-0.2, 0) is 4.84 Å². The number of rotatable bonds is 4. The molecule has 1 aliphatic carbocycles. The Morgan fingerprint density at radius 2 is 2.00 bits per heavy atom. The molecule has 0 heterocycles. The van der Waals surface area contributed by atoms with Crippen LogP contribution in [0, 0.1) is 0 Å². The first kappa shape index (κ1) is 9.06. The van der Waals surface area contributed by atoms with Gasteiger partial charge in [0.2, 0.25) is 0 Å². The van der Waals surface area contributed by atoms with Gasteiger partial charge in [-0.3, -0.25) is 0 Å². The molecule has 0 radical (unpaired) electrons. The lowest BCUT2D eigenvalue weighted by atomic mass is 10.2. The van der Waals surface area contributed by atoms with Crippen molar-refractivity contribution < 1.29 is 9.57 Å². The third kappa shape index (κ3) is 2.49. The Hall–Kier alpha value is -1.51. The summed E-state index contributed by atoms with van der Waals surface area (Å²) >= 11 is 0. The molecule has 2 rings (SSSR count). The third-order valence-corrected chi connectivity index (χ3v) is 2.05. The molecule has 1 fully saturated rings. The number of hydrogen-bond acceptors (Lipinski definition) is 3. The molecular weight excluding hydrogens is 178 g/mol. The molecule has 1 aromatic carbocycles. The van der Waals surface area contributed by atoms with Gasteiger partial charge in [0, 0.05) is 0 Å². The summed E-state index contributed by atoms with van der Waals surface area (Å²) < 4.78 is 5.05. The highest BCUT2D eigenvalue weighted by Gasteiger charge is 2.23. The minimum Gasteiger partial charge on any atom is -0.497 e. The SMILES string of the molecule is COc1ccc(C=NOC2CC2)cc1. The normalized spacial score (nSPS) is 15.8. The Bertz CT molecular complexity index is 315. The van der Waals surface area contributed by atoms with Crippen molar-refractivity contribution in [3.05, 3.63) is 29.8 Å². The third-order valence-electron chi connectivity index (χ3n) is 2.05. The molecule has 1 aromatic rings. The number of ether oxygens (including phenoxy) is 1. The topological polar surface area (TPSA) is 30.8 Å². The molecule has 0 N–H and O–H groups in total. The summed E-state index contributed by atoms with van der Waals surface area (Å²) in [4.78, 5) is 5.15. The maximum atomic E-state index is 5.15. The molecular formula is C11H13NO2. The quantitative estimate of drug-likeness (QED) is 0.539. The number of nitrogens with zero attached hydrogens (tertiary/aromatic N) is 1. The predicted octanol–water partition coefficient (Wildman–Crippen LogP) is 2.21. The monoisotopic (exact) mass is 191 g/mol. The predicted molar refractivity (Wildman–Crippen MR) is 54.7 cm³/mol. The summed E-state index contributed by atoms with van der Waals surface area (Å²) in [7, 11) is 1.65. The average Bonchev–Trinajstić information content (AvgIpc) is 3.03. The van der Waals surface area contributed by atoms with Crippen LogP contribution in [-0.4, -0.2) is 19.4 Å². The van der Waals surface area contributed by atoms with Gasteiger partial charge in [-0.1, -0.05) is 5.16 Å². The van der Waals surface area contributed by atoms with Crippen LogP contribution < -0.4 is 4.74 Å². The van der Waals surface area contributed by atoms with Gasteiger partial charge in [-0.2, -0.15) is 0 Å². The van der Waals surface area contributed by atoms with E-state index >= 15 is 0 Å². The van der Waals surface area contributed by atoms with Crippen molar-refractivity contribution in [2.45, 2.75) is 18.9 Å². The molecule has 0 aliphatic heterocycles. The van der Waals surface area contributed by atoms with Gasteiger partial charge in [0.05, 0.1) is 13.3 Å². The second kappa shape index (κ2) is 4.13. The van der Waals surface area contributed by atoms with E-state index in [9.17, 15) is 0 Å². The lowest BCUT2D eigenvalue weighted by Gasteiger charge is -1.98. The second-order valence-electron chi connectivity index (χ2n) is 3.31. The molecule has 1 aliphatic rings. The van der Waals surface area contributed by atoms with Crippen LogP contribution in [0.1, 0.15) is 18.4 Å². The van der Waals surface area contributed by atoms with Gasteiger partial charge in [0.15, 0.2) is 0 Å². The standard InChI is InChI=1S/C11H13NO2/c1-13-10-4-2-9(3-5-10)8-12-14-11-6-7-11/h2-5,8,11H,6-7H2,1H3. The van der Waals surface area contributed by atoms with E-state index in [1.807, 2.05) is 24.3 Å². The van der Waals surface area contributed by atoms with E-state index in [1.54, 1.807) is 13.3 Å². The Balaban J connectivity index is 1.91. The van der Waals surface area contributed by atoms with Gasteiger partial charge in [-0.25, -0.2) is 0 Å². The van der Waals surface area contributed by atoms with Crippen molar-refractivity contribution >= 4 is 6.21 Å². The lowest BCUT2D eigenvalue weighted by molar-refractivity contribution is 0.131. The first-order chi connectivity index (χ1) is 6.88. The largest absolute Gasteiger partial charge is 0.497 e. The summed E-state index contributed by atoms with van der Waals surface area (Å²) in [5.41, 5.74) is 1.02. The maximum absolute atomic E-state index is 5.15. The first-order valence-electron chi connectivity index (χ1n) is 4.72. The second-order valence-corrected chi connectivity index (χ2v) is 3.31. The van der Waals surface area contributed by atoms with Crippen LogP contribution in [0.3, 0.4) is 0 Å². The zero-order valence-electron chi connectivity index (χ0n) is 8.14. The van der Waals surface area contributed by atoms with E-state index < -0.39 is 0 Å². The van der Waals surface area contributed by atoms with Crippen LogP contribution in [0.2, 0.25) is 0 Å². The van der Waals surface area contributed by atoms with Gasteiger partial charge in [0.25, 0.3) is 0 Å². The summed E-state index contributed by atoms with van der Waals surface area (Å²) in [5.74, 6) is 0.852. The van der Waals surface area contributed by atoms with Crippen molar-refractivity contribution in [3.8, 4) is 5.75 Å². The summed E-state index contributed by atoms with van der Waals surface area (Å²) in [5, 5.41) is 3.89. The molecule has 0 amide bonds. The van der Waals surface area contributed by atoms with Crippen LogP contribution in [0.4, 0.5) is 0 Å². The number of methoxy groups -OCH3 is 1. The highest BCUT2D eigenvalue weighted by Crippen LogP contribution is 2.23. The fourth-order valence-corrected chi connectivity index (χ4v) is 1.04. The van der Waals surface area contributed by atoms with Crippen molar-refractivity contribution in [2.75, 3.05) is 7.11 Å². The molecule has 14 heavy (non-hydrogen) atoms. The fourth-order valence-electron chi connectivity index (χ4n) is 1.04. The molecule has 3 heteroatoms. The fraction of sp³-hybridized carbons (Fsp3) is 0.364. The van der Waals surface area contributed by atoms with Crippen molar-refractivity contribution in [3.63, 3.8) is 0 Å². The zero-order chi connectivity index (χ0) is 9.80. The van der Waals surface area contributed by atoms with E-state index in [1.165, 1.54) is 0 Å². The van der Waals surface area contributed by atoms with Crippen molar-refractivity contribution in [1.82, 2.24) is 0 Å². The molecule has 0 aromatic heterocycles. The lowest BCUT2D eigenvalue weighted by Crippen LogP contribution is -1.87. The highest BCUT2D eigenvalue weighted by molar-refractivity contribution is 5.79. The number of oxime groups is 1. The first-order valence-corrected chi connectivity index (χ1v) is 4.72. The zero-order valence-corrected chi connectivity index (χ0v) is 8.14. The van der Waals surface area contributed by atoms with Crippen molar-refractivity contribution in [1.29, 1.82) is 0 Å². The van der Waals surface area contributed by atoms with Crippen LogP contribution >= 0.6 is 0 Å². The summed E-state index contributed by atoms with van der Waals surface area (Å²) in [6, 6.07) is 7.69. The summed E-state index contributed by atoms with van der Waals surface area (Å²) in [6.45, 7) is 0. The summed E-state index contributed by atoms with van der Waals surface area (Å²) in [6.07, 6.45) is 4.36. The highest BCUT2D eigenvalue weighted by atomic mass is 16.6. The van der Waals surface area contributed by atoms with E-state index in [-0.39, 0.29) is 0 Å². The van der Waals surface area contributed by atoms with E-state index in [0.717, 1.165) is 24.2 Å². The van der Waals surface area contributed by atoms with Gasteiger partial charge < -0.3 is 9.57 Å².